The first kappa shape index (κ1) is 13.8. The van der Waals surface area contributed by atoms with Crippen molar-refractivity contribution in [3.63, 3.8) is 0 Å². The molecule has 0 aliphatic rings. The molecule has 0 spiro atoms. The maximum absolute atomic E-state index is 11.8. The van der Waals surface area contributed by atoms with Gasteiger partial charge in [0.05, 0.1) is 6.20 Å². The summed E-state index contributed by atoms with van der Waals surface area (Å²) in [5, 5.41) is 5.63. The Labute approximate surface area is 115 Å². The maximum Gasteiger partial charge on any atom is 0.273 e. The summed E-state index contributed by atoms with van der Waals surface area (Å²) < 4.78 is 27.4. The number of nitrogens with one attached hydrogen (secondary N) is 1. The quantitative estimate of drug-likeness (QED) is 0.890. The first-order valence-electron chi connectivity index (χ1n) is 5.54. The molecule has 2 heterocycles. The molecular weight excluding hydrogens is 286 g/mol. The van der Waals surface area contributed by atoms with E-state index in [0.29, 0.717) is 6.42 Å². The van der Waals surface area contributed by atoms with Gasteiger partial charge in [0.1, 0.15) is 4.21 Å². The number of nitrogens with zero attached hydrogens (tertiary/aromatic N) is 2. The molecule has 0 aliphatic heterocycles. The van der Waals surface area contributed by atoms with Crippen LogP contribution in [-0.2, 0) is 28.3 Å². The monoisotopic (exact) mass is 299 g/mol. The van der Waals surface area contributed by atoms with Crippen LogP contribution in [0.3, 0.4) is 0 Å². The van der Waals surface area contributed by atoms with Crippen LogP contribution in [0.15, 0.2) is 34.1 Å². The fraction of sp³-hybridized carbons (Fsp3) is 0.273. The molecule has 2 rings (SSSR count). The van der Waals surface area contributed by atoms with Crippen LogP contribution in [0, 0.1) is 0 Å². The van der Waals surface area contributed by atoms with E-state index in [-0.39, 0.29) is 10.6 Å². The van der Waals surface area contributed by atoms with Gasteiger partial charge in [-0.25, -0.2) is 13.1 Å². The zero-order valence-corrected chi connectivity index (χ0v) is 11.9. The van der Waals surface area contributed by atoms with E-state index in [1.807, 2.05) is 0 Å². The van der Waals surface area contributed by atoms with Crippen LogP contribution in [0.1, 0.15) is 12.0 Å². The number of carbonyl (C=O) groups is 1. The summed E-state index contributed by atoms with van der Waals surface area (Å²) in [4.78, 5) is 11.6. The van der Waals surface area contributed by atoms with Crippen LogP contribution in [0.2, 0.25) is 0 Å². The number of amides is 1. The average Bonchev–Trinajstić information content (AvgIpc) is 2.96. The first-order chi connectivity index (χ1) is 8.97. The van der Waals surface area contributed by atoms with Gasteiger partial charge in [-0.3, -0.25) is 9.48 Å². The number of thiophene rings is 1. The zero-order chi connectivity index (χ0) is 13.9. The van der Waals surface area contributed by atoms with E-state index >= 15 is 0 Å². The summed E-state index contributed by atoms with van der Waals surface area (Å²) in [5.74, 6) is -0.516. The predicted octanol–water partition coefficient (Wildman–Crippen LogP) is 0.919. The maximum atomic E-state index is 11.8. The Hall–Kier alpha value is -1.67. The second-order valence-corrected chi connectivity index (χ2v) is 6.84. The highest BCUT2D eigenvalue weighted by atomic mass is 32.2. The van der Waals surface area contributed by atoms with Crippen molar-refractivity contribution in [3.8, 4) is 0 Å². The van der Waals surface area contributed by atoms with Crippen LogP contribution in [0.5, 0.6) is 0 Å². The van der Waals surface area contributed by atoms with Gasteiger partial charge in [0, 0.05) is 19.7 Å². The van der Waals surface area contributed by atoms with Crippen molar-refractivity contribution in [1.29, 1.82) is 0 Å². The minimum atomic E-state index is -3.72. The zero-order valence-electron chi connectivity index (χ0n) is 10.2. The largest absolute Gasteiger partial charge is 0.276 e. The van der Waals surface area contributed by atoms with Crippen LogP contribution in [0.25, 0.3) is 0 Å². The number of hydrogen-bond acceptors (Lipinski definition) is 5. The molecular formula is C11H13N3O3S2. The fourth-order valence-corrected chi connectivity index (χ4v) is 3.53. The summed E-state index contributed by atoms with van der Waals surface area (Å²) in [7, 11) is -1.93. The predicted molar refractivity (Wildman–Crippen MR) is 71.2 cm³/mol. The molecule has 1 N–H and O–H groups in total. The molecule has 102 valence electrons. The van der Waals surface area contributed by atoms with Crippen LogP contribution >= 0.6 is 11.3 Å². The van der Waals surface area contributed by atoms with Crippen molar-refractivity contribution >= 4 is 27.3 Å². The summed E-state index contributed by atoms with van der Waals surface area (Å²) in [6.45, 7) is 0. The highest BCUT2D eigenvalue weighted by molar-refractivity contribution is 7.92. The molecule has 1 amide bonds. The topological polar surface area (TPSA) is 81.1 Å². The Morgan fingerprint density at radius 3 is 2.89 bits per heavy atom. The van der Waals surface area contributed by atoms with E-state index in [9.17, 15) is 13.2 Å². The molecule has 0 aliphatic carbocycles. The number of hydrogen-bond donors (Lipinski definition) is 1. The number of sulfonamides is 1. The highest BCUT2D eigenvalue weighted by Gasteiger charge is 2.18. The van der Waals surface area contributed by atoms with Crippen molar-refractivity contribution in [2.24, 2.45) is 7.05 Å². The molecule has 2 aromatic heterocycles. The third kappa shape index (κ3) is 3.65. The van der Waals surface area contributed by atoms with E-state index in [0.717, 1.165) is 16.9 Å². The number of rotatable bonds is 5. The lowest BCUT2D eigenvalue weighted by Gasteiger charge is -2.04. The smallest absolute Gasteiger partial charge is 0.273 e. The van der Waals surface area contributed by atoms with Gasteiger partial charge in [0.25, 0.3) is 10.0 Å². The second-order valence-electron chi connectivity index (χ2n) is 3.98. The summed E-state index contributed by atoms with van der Waals surface area (Å²) in [6, 6.07) is 3.08. The van der Waals surface area contributed by atoms with E-state index in [1.54, 1.807) is 35.6 Å². The minimum Gasteiger partial charge on any atom is -0.276 e. The molecule has 2 aromatic rings. The van der Waals surface area contributed by atoms with Gasteiger partial charge in [-0.05, 0) is 23.4 Å². The number of carbonyl (C=O) groups excluding carboxylic acids is 1. The van der Waals surface area contributed by atoms with Crippen LogP contribution in [0.4, 0.5) is 0 Å². The molecule has 0 atom stereocenters. The highest BCUT2D eigenvalue weighted by Crippen LogP contribution is 2.15. The third-order valence-corrected chi connectivity index (χ3v) is 5.18. The third-order valence-electron chi connectivity index (χ3n) is 2.41. The van der Waals surface area contributed by atoms with E-state index in [2.05, 4.69) is 9.82 Å². The lowest BCUT2D eigenvalue weighted by atomic mass is 10.2. The van der Waals surface area contributed by atoms with Gasteiger partial charge in [-0.2, -0.15) is 5.10 Å². The standard InChI is InChI=1S/C11H13N3O3S2/c1-14-8-9(7-12-14)4-5-10(15)13-19(16,17)11-3-2-6-18-11/h2-3,6-8H,4-5H2,1H3,(H,13,15). The Morgan fingerprint density at radius 2 is 2.32 bits per heavy atom. The van der Waals surface area contributed by atoms with Gasteiger partial charge in [0.2, 0.25) is 5.91 Å². The van der Waals surface area contributed by atoms with Crippen molar-refractivity contribution in [3.05, 3.63) is 35.5 Å². The van der Waals surface area contributed by atoms with Gasteiger partial charge in [-0.1, -0.05) is 6.07 Å². The van der Waals surface area contributed by atoms with Crippen LogP contribution < -0.4 is 4.72 Å². The molecule has 6 nitrogen and oxygen atoms in total. The molecule has 0 saturated carbocycles. The lowest BCUT2D eigenvalue weighted by Crippen LogP contribution is -2.30. The summed E-state index contributed by atoms with van der Waals surface area (Å²) in [5.41, 5.74) is 0.895. The lowest BCUT2D eigenvalue weighted by molar-refractivity contribution is -0.119. The summed E-state index contributed by atoms with van der Waals surface area (Å²) in [6.07, 6.45) is 4.01. The molecule has 0 fully saturated rings. The Bertz CT molecular complexity index is 659. The average molecular weight is 299 g/mol. The Kier molecular flexibility index (Phi) is 4.01. The first-order valence-corrected chi connectivity index (χ1v) is 7.90. The molecule has 8 heteroatoms. The summed E-state index contributed by atoms with van der Waals surface area (Å²) >= 11 is 1.07. The van der Waals surface area contributed by atoms with Gasteiger partial charge < -0.3 is 0 Å². The van der Waals surface area contributed by atoms with E-state index in [4.69, 9.17) is 0 Å². The molecule has 0 saturated heterocycles. The second kappa shape index (κ2) is 5.54. The van der Waals surface area contributed by atoms with E-state index < -0.39 is 15.9 Å². The van der Waals surface area contributed by atoms with Crippen LogP contribution in [-0.4, -0.2) is 24.1 Å². The normalized spacial score (nSPS) is 11.4. The van der Waals surface area contributed by atoms with Crippen molar-refractivity contribution in [1.82, 2.24) is 14.5 Å². The van der Waals surface area contributed by atoms with Crippen molar-refractivity contribution in [2.75, 3.05) is 0 Å². The van der Waals surface area contributed by atoms with Gasteiger partial charge >= 0.3 is 0 Å². The van der Waals surface area contributed by atoms with Gasteiger partial charge in [-0.15, -0.1) is 11.3 Å². The minimum absolute atomic E-state index is 0.107. The Balaban J connectivity index is 1.91. The Morgan fingerprint density at radius 1 is 1.53 bits per heavy atom. The fourth-order valence-electron chi connectivity index (χ4n) is 1.53. The van der Waals surface area contributed by atoms with Gasteiger partial charge in [0.15, 0.2) is 0 Å². The molecule has 19 heavy (non-hydrogen) atoms. The van der Waals surface area contributed by atoms with E-state index in [1.165, 1.54) is 6.07 Å². The molecule has 0 unspecified atom stereocenters. The molecule has 0 bridgehead atoms. The number of aromatic nitrogens is 2. The van der Waals surface area contributed by atoms with Crippen molar-refractivity contribution < 1.29 is 13.2 Å². The van der Waals surface area contributed by atoms with Crippen molar-refractivity contribution in [2.45, 2.75) is 17.1 Å². The molecule has 0 aromatic carbocycles. The molecule has 0 radical (unpaired) electrons. The SMILES string of the molecule is Cn1cc(CCC(=O)NS(=O)(=O)c2cccs2)cn1. The number of aryl methyl sites for hydroxylation is 2.